The third-order valence-corrected chi connectivity index (χ3v) is 6.29. The van der Waals surface area contributed by atoms with E-state index < -0.39 is 5.97 Å². The molecule has 0 aromatic heterocycles. The Morgan fingerprint density at radius 2 is 1.44 bits per heavy atom. The molecule has 0 saturated heterocycles. The van der Waals surface area contributed by atoms with Gasteiger partial charge in [0, 0.05) is 5.56 Å². The molecule has 0 spiro atoms. The van der Waals surface area contributed by atoms with Crippen molar-refractivity contribution in [1.82, 2.24) is 0 Å². The Kier molecular flexibility index (Phi) is 9.66. The number of hydrogen-bond donors (Lipinski definition) is 1. The van der Waals surface area contributed by atoms with Crippen LogP contribution in [0.4, 0.5) is 0 Å². The zero-order chi connectivity index (χ0) is 25.9. The van der Waals surface area contributed by atoms with Crippen molar-refractivity contribution >= 4 is 5.97 Å². The number of carbonyl (C=O) groups is 1. The van der Waals surface area contributed by atoms with Gasteiger partial charge in [-0.15, -0.1) is 0 Å². The van der Waals surface area contributed by atoms with Crippen molar-refractivity contribution in [1.29, 1.82) is 10.5 Å². The fourth-order valence-electron chi connectivity index (χ4n) is 4.28. The van der Waals surface area contributed by atoms with E-state index in [1.54, 1.807) is 30.3 Å². The number of nitriles is 2. The molecule has 0 bridgehead atoms. The number of aryl methyl sites for hydroxylation is 1. The molecule has 0 unspecified atom stereocenters. The van der Waals surface area contributed by atoms with Crippen LogP contribution in [0, 0.1) is 22.7 Å². The molecule has 3 aromatic carbocycles. The maximum atomic E-state index is 12.2. The molecule has 0 aliphatic carbocycles. The van der Waals surface area contributed by atoms with Crippen LogP contribution in [0.1, 0.15) is 79.4 Å². The third kappa shape index (κ3) is 6.32. The first-order chi connectivity index (χ1) is 17.5. The monoisotopic (exact) mass is 480 g/mol. The number of ether oxygens (including phenoxy) is 1. The standard InChI is InChI=1S/C31H32N2O3/c1-3-5-7-9-22-10-12-23(13-11-22)25-15-14-24(19-27(25)31(34)35)26-16-17-30(36-18-8-6-4-2)29(21-33)28(26)20-32/h10-17,19H,3-9,18H2,1-2H3,(H,34,35). The molecule has 0 amide bonds. The summed E-state index contributed by atoms with van der Waals surface area (Å²) in [6.07, 6.45) is 7.46. The van der Waals surface area contributed by atoms with E-state index in [0.29, 0.717) is 29.0 Å². The number of carboxylic acids is 1. The summed E-state index contributed by atoms with van der Waals surface area (Å²) in [6.45, 7) is 4.75. The number of aromatic carboxylic acids is 1. The molecule has 0 heterocycles. The van der Waals surface area contributed by atoms with Gasteiger partial charge in [-0.05, 0) is 59.7 Å². The fourth-order valence-corrected chi connectivity index (χ4v) is 4.28. The van der Waals surface area contributed by atoms with Crippen LogP contribution in [-0.4, -0.2) is 17.7 Å². The van der Waals surface area contributed by atoms with E-state index in [4.69, 9.17) is 4.74 Å². The lowest BCUT2D eigenvalue weighted by atomic mass is 9.91. The minimum absolute atomic E-state index is 0.147. The first kappa shape index (κ1) is 26.5. The predicted octanol–water partition coefficient (Wildman–Crippen LogP) is 7.76. The maximum absolute atomic E-state index is 12.2. The molecular formula is C31H32N2O3. The lowest BCUT2D eigenvalue weighted by Crippen LogP contribution is -2.03. The van der Waals surface area contributed by atoms with Gasteiger partial charge in [-0.25, -0.2) is 4.79 Å². The molecule has 0 aliphatic heterocycles. The molecule has 1 N–H and O–H groups in total. The highest BCUT2D eigenvalue weighted by Crippen LogP contribution is 2.35. The summed E-state index contributed by atoms with van der Waals surface area (Å²) >= 11 is 0. The molecule has 36 heavy (non-hydrogen) atoms. The van der Waals surface area contributed by atoms with E-state index in [1.807, 2.05) is 12.1 Å². The van der Waals surface area contributed by atoms with Gasteiger partial charge in [0.2, 0.25) is 0 Å². The summed E-state index contributed by atoms with van der Waals surface area (Å²) in [5.74, 6) is -0.670. The summed E-state index contributed by atoms with van der Waals surface area (Å²) < 4.78 is 5.78. The summed E-state index contributed by atoms with van der Waals surface area (Å²) in [5.41, 5.74) is 4.26. The van der Waals surface area contributed by atoms with Gasteiger partial charge in [0.15, 0.2) is 0 Å². The Labute approximate surface area is 213 Å². The molecule has 0 atom stereocenters. The zero-order valence-corrected chi connectivity index (χ0v) is 21.0. The van der Waals surface area contributed by atoms with E-state index in [2.05, 4.69) is 38.1 Å². The quantitative estimate of drug-likeness (QED) is 0.267. The van der Waals surface area contributed by atoms with Gasteiger partial charge in [-0.3, -0.25) is 0 Å². The number of carboxylic acid groups (broad SMARTS) is 1. The van der Waals surface area contributed by atoms with Crippen LogP contribution in [0.3, 0.4) is 0 Å². The van der Waals surface area contributed by atoms with Crippen molar-refractivity contribution in [3.63, 3.8) is 0 Å². The van der Waals surface area contributed by atoms with E-state index >= 15 is 0 Å². The summed E-state index contributed by atoms with van der Waals surface area (Å²) in [7, 11) is 0. The van der Waals surface area contributed by atoms with Crippen LogP contribution in [0.15, 0.2) is 54.6 Å². The molecule has 0 radical (unpaired) electrons. The van der Waals surface area contributed by atoms with Crippen molar-refractivity contribution in [2.45, 2.75) is 58.8 Å². The Morgan fingerprint density at radius 1 is 0.806 bits per heavy atom. The summed E-state index contributed by atoms with van der Waals surface area (Å²) in [5, 5.41) is 29.6. The van der Waals surface area contributed by atoms with Crippen molar-refractivity contribution in [3.8, 4) is 40.1 Å². The highest BCUT2D eigenvalue weighted by Gasteiger charge is 2.19. The van der Waals surface area contributed by atoms with Crippen molar-refractivity contribution in [3.05, 3.63) is 76.9 Å². The normalized spacial score (nSPS) is 10.4. The lowest BCUT2D eigenvalue weighted by Gasteiger charge is -2.14. The van der Waals surface area contributed by atoms with Crippen LogP contribution in [-0.2, 0) is 6.42 Å². The van der Waals surface area contributed by atoms with Crippen molar-refractivity contribution < 1.29 is 14.6 Å². The summed E-state index contributed by atoms with van der Waals surface area (Å²) in [6, 6.07) is 20.8. The van der Waals surface area contributed by atoms with Gasteiger partial charge in [0.25, 0.3) is 0 Å². The molecule has 0 aliphatic rings. The van der Waals surface area contributed by atoms with Gasteiger partial charge in [-0.2, -0.15) is 10.5 Å². The van der Waals surface area contributed by atoms with Crippen molar-refractivity contribution in [2.24, 2.45) is 0 Å². The van der Waals surface area contributed by atoms with E-state index in [1.165, 1.54) is 18.4 Å². The second-order valence-electron chi connectivity index (χ2n) is 8.86. The maximum Gasteiger partial charge on any atom is 0.336 e. The highest BCUT2D eigenvalue weighted by molar-refractivity contribution is 5.98. The number of benzene rings is 3. The predicted molar refractivity (Wildman–Crippen MR) is 142 cm³/mol. The number of nitrogens with zero attached hydrogens (tertiary/aromatic N) is 2. The Hall–Kier alpha value is -4.09. The van der Waals surface area contributed by atoms with Crippen LogP contribution in [0.25, 0.3) is 22.3 Å². The lowest BCUT2D eigenvalue weighted by molar-refractivity contribution is 0.0697. The van der Waals surface area contributed by atoms with Crippen molar-refractivity contribution in [2.75, 3.05) is 6.61 Å². The molecule has 184 valence electrons. The van der Waals surface area contributed by atoms with Crippen LogP contribution >= 0.6 is 0 Å². The Bertz CT molecular complexity index is 1280. The zero-order valence-electron chi connectivity index (χ0n) is 21.0. The van der Waals surface area contributed by atoms with Gasteiger partial charge in [0.05, 0.1) is 17.7 Å². The Morgan fingerprint density at radius 3 is 2.08 bits per heavy atom. The Balaban J connectivity index is 1.96. The molecule has 5 heteroatoms. The number of unbranched alkanes of at least 4 members (excludes halogenated alkanes) is 4. The van der Waals surface area contributed by atoms with Crippen LogP contribution in [0.2, 0.25) is 0 Å². The topological polar surface area (TPSA) is 94.1 Å². The van der Waals surface area contributed by atoms with Gasteiger partial charge >= 0.3 is 5.97 Å². The second kappa shape index (κ2) is 13.1. The van der Waals surface area contributed by atoms with Gasteiger partial charge in [-0.1, -0.05) is 75.9 Å². The minimum atomic E-state index is -1.05. The largest absolute Gasteiger partial charge is 0.492 e. The van der Waals surface area contributed by atoms with Crippen LogP contribution < -0.4 is 4.74 Å². The van der Waals surface area contributed by atoms with E-state index in [9.17, 15) is 20.4 Å². The average Bonchev–Trinajstić information content (AvgIpc) is 2.90. The minimum Gasteiger partial charge on any atom is -0.492 e. The fraction of sp³-hybridized carbons (Fsp3) is 0.323. The van der Waals surface area contributed by atoms with Gasteiger partial charge in [0.1, 0.15) is 23.5 Å². The number of rotatable bonds is 12. The smallest absolute Gasteiger partial charge is 0.336 e. The molecule has 3 rings (SSSR count). The SMILES string of the molecule is CCCCCOc1ccc(-c2ccc(-c3ccc(CCCCC)cc3)c(C(=O)O)c2)c(C#N)c1C#N. The molecule has 0 fully saturated rings. The summed E-state index contributed by atoms with van der Waals surface area (Å²) in [4.78, 5) is 12.2. The van der Waals surface area contributed by atoms with E-state index in [0.717, 1.165) is 37.7 Å². The molecule has 3 aromatic rings. The highest BCUT2D eigenvalue weighted by atomic mass is 16.5. The first-order valence-electron chi connectivity index (χ1n) is 12.6. The third-order valence-electron chi connectivity index (χ3n) is 6.29. The van der Waals surface area contributed by atoms with Crippen LogP contribution in [0.5, 0.6) is 5.75 Å². The van der Waals surface area contributed by atoms with E-state index in [-0.39, 0.29) is 16.7 Å². The second-order valence-corrected chi connectivity index (χ2v) is 8.86. The molecule has 5 nitrogen and oxygen atoms in total. The molecular weight excluding hydrogens is 448 g/mol. The number of hydrogen-bond acceptors (Lipinski definition) is 4. The first-order valence-corrected chi connectivity index (χ1v) is 12.6. The average molecular weight is 481 g/mol. The molecule has 0 saturated carbocycles. The van der Waals surface area contributed by atoms with Gasteiger partial charge < -0.3 is 9.84 Å².